The zero-order valence-electron chi connectivity index (χ0n) is 15.0. The van der Waals surface area contributed by atoms with Gasteiger partial charge in [-0.05, 0) is 48.6 Å². The fraction of sp³-hybridized carbons (Fsp3) is 0.136. The standard InChI is InChI=1S/C22H20N2O3/c1-16-15-19(24(26)27)13-14-21(16)23-22(25)20-10-6-5-9-18(20)12-11-17-7-3-2-4-8-17/h2-10,13-15H,11-12H2,1H3,(H,23,25). The van der Waals surface area contributed by atoms with E-state index in [2.05, 4.69) is 17.4 Å². The summed E-state index contributed by atoms with van der Waals surface area (Å²) in [7, 11) is 0. The highest BCUT2D eigenvalue weighted by Crippen LogP contribution is 2.22. The van der Waals surface area contributed by atoms with Crippen molar-refractivity contribution in [1.29, 1.82) is 0 Å². The lowest BCUT2D eigenvalue weighted by atomic mass is 9.99. The molecule has 5 nitrogen and oxygen atoms in total. The number of nitro groups is 1. The molecule has 0 atom stereocenters. The van der Waals surface area contributed by atoms with Gasteiger partial charge in [0.05, 0.1) is 4.92 Å². The van der Waals surface area contributed by atoms with Gasteiger partial charge < -0.3 is 5.32 Å². The summed E-state index contributed by atoms with van der Waals surface area (Å²) >= 11 is 0. The highest BCUT2D eigenvalue weighted by atomic mass is 16.6. The summed E-state index contributed by atoms with van der Waals surface area (Å²) in [5.41, 5.74) is 4.04. The molecule has 0 bridgehead atoms. The molecule has 3 aromatic carbocycles. The van der Waals surface area contributed by atoms with Crippen molar-refractivity contribution in [3.63, 3.8) is 0 Å². The molecular formula is C22H20N2O3. The van der Waals surface area contributed by atoms with Gasteiger partial charge in [0, 0.05) is 23.4 Å². The fourth-order valence-electron chi connectivity index (χ4n) is 2.97. The van der Waals surface area contributed by atoms with Crippen LogP contribution in [0.3, 0.4) is 0 Å². The molecular weight excluding hydrogens is 340 g/mol. The van der Waals surface area contributed by atoms with Gasteiger partial charge >= 0.3 is 0 Å². The highest BCUT2D eigenvalue weighted by molar-refractivity contribution is 6.05. The number of hydrogen-bond donors (Lipinski definition) is 1. The van der Waals surface area contributed by atoms with Crippen LogP contribution in [0.5, 0.6) is 0 Å². The van der Waals surface area contributed by atoms with Crippen LogP contribution in [0.25, 0.3) is 0 Å². The van der Waals surface area contributed by atoms with Crippen molar-refractivity contribution in [2.45, 2.75) is 19.8 Å². The number of amides is 1. The molecule has 0 aliphatic heterocycles. The molecule has 0 radical (unpaired) electrons. The number of carbonyl (C=O) groups is 1. The van der Waals surface area contributed by atoms with E-state index < -0.39 is 4.92 Å². The third-order valence-electron chi connectivity index (χ3n) is 4.46. The number of nitrogens with one attached hydrogen (secondary N) is 1. The van der Waals surface area contributed by atoms with Crippen LogP contribution in [0, 0.1) is 17.0 Å². The zero-order valence-corrected chi connectivity index (χ0v) is 15.0. The maximum atomic E-state index is 12.8. The van der Waals surface area contributed by atoms with Gasteiger partial charge in [0.15, 0.2) is 0 Å². The molecule has 3 aromatic rings. The Morgan fingerprint density at radius 2 is 1.67 bits per heavy atom. The number of rotatable bonds is 6. The van der Waals surface area contributed by atoms with E-state index in [0.717, 1.165) is 18.4 Å². The van der Waals surface area contributed by atoms with E-state index >= 15 is 0 Å². The maximum absolute atomic E-state index is 12.8. The van der Waals surface area contributed by atoms with E-state index in [1.807, 2.05) is 36.4 Å². The number of non-ortho nitro benzene ring substituents is 1. The Morgan fingerprint density at radius 3 is 2.37 bits per heavy atom. The first-order chi connectivity index (χ1) is 13.0. The molecule has 3 rings (SSSR count). The first-order valence-electron chi connectivity index (χ1n) is 8.73. The molecule has 136 valence electrons. The van der Waals surface area contributed by atoms with Crippen LogP contribution in [-0.4, -0.2) is 10.8 Å². The molecule has 1 amide bonds. The summed E-state index contributed by atoms with van der Waals surface area (Å²) in [6.45, 7) is 1.74. The number of benzene rings is 3. The first-order valence-corrected chi connectivity index (χ1v) is 8.73. The predicted octanol–water partition coefficient (Wildman–Crippen LogP) is 4.94. The van der Waals surface area contributed by atoms with Gasteiger partial charge in [0.1, 0.15) is 0 Å². The lowest BCUT2D eigenvalue weighted by molar-refractivity contribution is -0.384. The average molecular weight is 360 g/mol. The van der Waals surface area contributed by atoms with Crippen molar-refractivity contribution >= 4 is 17.3 Å². The van der Waals surface area contributed by atoms with Gasteiger partial charge in [-0.2, -0.15) is 0 Å². The summed E-state index contributed by atoms with van der Waals surface area (Å²) in [6, 6.07) is 22.1. The molecule has 0 aliphatic carbocycles. The molecule has 0 aliphatic rings. The molecule has 0 heterocycles. The van der Waals surface area contributed by atoms with Gasteiger partial charge in [0.2, 0.25) is 0 Å². The Labute approximate surface area is 157 Å². The molecule has 0 saturated heterocycles. The summed E-state index contributed by atoms with van der Waals surface area (Å²) in [5, 5.41) is 13.7. The zero-order chi connectivity index (χ0) is 19.2. The van der Waals surface area contributed by atoms with E-state index in [1.54, 1.807) is 19.1 Å². The van der Waals surface area contributed by atoms with E-state index in [0.29, 0.717) is 16.8 Å². The molecule has 1 N–H and O–H groups in total. The number of carbonyl (C=O) groups excluding carboxylic acids is 1. The largest absolute Gasteiger partial charge is 0.322 e. The predicted molar refractivity (Wildman–Crippen MR) is 106 cm³/mol. The lowest BCUT2D eigenvalue weighted by Gasteiger charge is -2.12. The third-order valence-corrected chi connectivity index (χ3v) is 4.46. The van der Waals surface area contributed by atoms with Gasteiger partial charge in [-0.1, -0.05) is 48.5 Å². The van der Waals surface area contributed by atoms with Gasteiger partial charge in [-0.25, -0.2) is 0 Å². The van der Waals surface area contributed by atoms with E-state index in [1.165, 1.54) is 17.7 Å². The maximum Gasteiger partial charge on any atom is 0.269 e. The minimum Gasteiger partial charge on any atom is -0.322 e. The molecule has 5 heteroatoms. The first kappa shape index (κ1) is 18.3. The molecule has 0 unspecified atom stereocenters. The summed E-state index contributed by atoms with van der Waals surface area (Å²) in [4.78, 5) is 23.2. The fourth-order valence-corrected chi connectivity index (χ4v) is 2.97. The summed E-state index contributed by atoms with van der Waals surface area (Å²) in [5.74, 6) is -0.212. The monoisotopic (exact) mass is 360 g/mol. The normalized spacial score (nSPS) is 10.4. The number of anilines is 1. The van der Waals surface area contributed by atoms with Gasteiger partial charge in [-0.15, -0.1) is 0 Å². The Hall–Kier alpha value is -3.47. The Balaban J connectivity index is 1.76. The summed E-state index contributed by atoms with van der Waals surface area (Å²) in [6.07, 6.45) is 1.61. The second-order valence-electron chi connectivity index (χ2n) is 6.35. The quantitative estimate of drug-likeness (QED) is 0.500. The van der Waals surface area contributed by atoms with Crippen LogP contribution >= 0.6 is 0 Å². The Morgan fingerprint density at radius 1 is 0.963 bits per heavy atom. The van der Waals surface area contributed by atoms with Crippen LogP contribution in [-0.2, 0) is 12.8 Å². The molecule has 0 saturated carbocycles. The topological polar surface area (TPSA) is 72.2 Å². The smallest absolute Gasteiger partial charge is 0.269 e. The molecule has 0 spiro atoms. The van der Waals surface area contributed by atoms with Gasteiger partial charge in [-0.3, -0.25) is 14.9 Å². The van der Waals surface area contributed by atoms with Crippen LogP contribution in [0.4, 0.5) is 11.4 Å². The molecule has 0 fully saturated rings. The lowest BCUT2D eigenvalue weighted by Crippen LogP contribution is -2.15. The number of nitro benzene ring substituents is 1. The second-order valence-corrected chi connectivity index (χ2v) is 6.35. The third kappa shape index (κ3) is 4.58. The minimum absolute atomic E-state index is 0.00811. The average Bonchev–Trinajstić information content (AvgIpc) is 2.68. The van der Waals surface area contributed by atoms with E-state index in [9.17, 15) is 14.9 Å². The van der Waals surface area contributed by atoms with E-state index in [-0.39, 0.29) is 11.6 Å². The van der Waals surface area contributed by atoms with Crippen LogP contribution in [0.15, 0.2) is 72.8 Å². The number of nitrogens with zero attached hydrogens (tertiary/aromatic N) is 1. The molecule has 27 heavy (non-hydrogen) atoms. The van der Waals surface area contributed by atoms with E-state index in [4.69, 9.17) is 0 Å². The van der Waals surface area contributed by atoms with Crippen LogP contribution in [0.2, 0.25) is 0 Å². The van der Waals surface area contributed by atoms with Crippen molar-refractivity contribution < 1.29 is 9.72 Å². The number of hydrogen-bond acceptors (Lipinski definition) is 3. The van der Waals surface area contributed by atoms with Crippen molar-refractivity contribution in [3.05, 3.63) is 105 Å². The molecule has 0 aromatic heterocycles. The number of aryl methyl sites for hydroxylation is 3. The van der Waals surface area contributed by atoms with Crippen LogP contribution in [0.1, 0.15) is 27.0 Å². The second kappa shape index (κ2) is 8.27. The van der Waals surface area contributed by atoms with Crippen molar-refractivity contribution in [2.75, 3.05) is 5.32 Å². The SMILES string of the molecule is Cc1cc([N+](=O)[O-])ccc1NC(=O)c1ccccc1CCc1ccccc1. The van der Waals surface area contributed by atoms with Gasteiger partial charge in [0.25, 0.3) is 11.6 Å². The summed E-state index contributed by atoms with van der Waals surface area (Å²) < 4.78 is 0. The van der Waals surface area contributed by atoms with Crippen molar-refractivity contribution in [3.8, 4) is 0 Å². The van der Waals surface area contributed by atoms with Crippen molar-refractivity contribution in [2.24, 2.45) is 0 Å². The Bertz CT molecular complexity index is 968. The van der Waals surface area contributed by atoms with Crippen LogP contribution < -0.4 is 5.32 Å². The van der Waals surface area contributed by atoms with Crippen molar-refractivity contribution in [1.82, 2.24) is 0 Å². The Kier molecular flexibility index (Phi) is 5.61. The minimum atomic E-state index is -0.447. The highest BCUT2D eigenvalue weighted by Gasteiger charge is 2.14.